The minimum absolute atomic E-state index is 0.164. The Morgan fingerprint density at radius 3 is 2.38 bits per heavy atom. The van der Waals surface area contributed by atoms with Gasteiger partial charge < -0.3 is 24.2 Å². The van der Waals surface area contributed by atoms with E-state index in [-0.39, 0.29) is 17.4 Å². The van der Waals surface area contributed by atoms with E-state index in [1.54, 1.807) is 11.0 Å². The third-order valence-electron chi connectivity index (χ3n) is 5.74. The van der Waals surface area contributed by atoms with E-state index in [0.717, 1.165) is 32.1 Å². The van der Waals surface area contributed by atoms with Gasteiger partial charge in [0.1, 0.15) is 0 Å². The lowest BCUT2D eigenvalue weighted by atomic mass is 9.76. The van der Waals surface area contributed by atoms with Crippen molar-refractivity contribution in [3.05, 3.63) is 16.7 Å². The number of hydrogen-bond acceptors (Lipinski definition) is 5. The van der Waals surface area contributed by atoms with Gasteiger partial charge in [-0.15, -0.1) is 0 Å². The van der Waals surface area contributed by atoms with E-state index < -0.39 is 0 Å². The second kappa shape index (κ2) is 7.53. The zero-order chi connectivity index (χ0) is 18.9. The fourth-order valence-corrected chi connectivity index (χ4v) is 4.70. The number of amides is 1. The SMILES string of the molecule is COc1c(Cl)cc(C(=O)N2CCC[C@]3(CCC[C@H]3O)C2)c(OC)c1OC. The minimum atomic E-state index is -0.339. The van der Waals surface area contributed by atoms with Crippen LogP contribution < -0.4 is 14.2 Å². The van der Waals surface area contributed by atoms with Crippen LogP contribution in [0.1, 0.15) is 42.5 Å². The molecule has 1 aliphatic carbocycles. The van der Waals surface area contributed by atoms with Crippen molar-refractivity contribution in [1.82, 2.24) is 4.90 Å². The molecule has 2 fully saturated rings. The van der Waals surface area contributed by atoms with Crippen LogP contribution in [0.25, 0.3) is 0 Å². The smallest absolute Gasteiger partial charge is 0.257 e. The maximum Gasteiger partial charge on any atom is 0.257 e. The summed E-state index contributed by atoms with van der Waals surface area (Å²) < 4.78 is 16.1. The van der Waals surface area contributed by atoms with Gasteiger partial charge in [0.05, 0.1) is 38.0 Å². The fraction of sp³-hybridized carbons (Fsp3) is 0.632. The van der Waals surface area contributed by atoms with Gasteiger partial charge in [-0.2, -0.15) is 0 Å². The molecule has 2 atom stereocenters. The van der Waals surface area contributed by atoms with Gasteiger partial charge in [-0.3, -0.25) is 4.79 Å². The van der Waals surface area contributed by atoms with Crippen molar-refractivity contribution in [2.24, 2.45) is 5.41 Å². The molecular weight excluding hydrogens is 358 g/mol. The lowest BCUT2D eigenvalue weighted by molar-refractivity contribution is -0.00546. The number of likely N-dealkylation sites (tertiary alicyclic amines) is 1. The van der Waals surface area contributed by atoms with E-state index in [2.05, 4.69) is 0 Å². The highest BCUT2D eigenvalue weighted by molar-refractivity contribution is 6.33. The molecule has 0 aromatic heterocycles. The Morgan fingerprint density at radius 1 is 1.15 bits per heavy atom. The molecule has 2 aliphatic rings. The molecule has 1 spiro atoms. The molecular formula is C19H26ClNO5. The number of piperidine rings is 1. The highest BCUT2D eigenvalue weighted by atomic mass is 35.5. The Hall–Kier alpha value is -1.66. The molecule has 1 saturated heterocycles. The molecule has 6 nitrogen and oxygen atoms in total. The number of aliphatic hydroxyl groups excluding tert-OH is 1. The van der Waals surface area contributed by atoms with Crippen LogP contribution in [0.3, 0.4) is 0 Å². The molecule has 0 unspecified atom stereocenters. The number of carbonyl (C=O) groups excluding carboxylic acids is 1. The van der Waals surface area contributed by atoms with Crippen molar-refractivity contribution in [3.63, 3.8) is 0 Å². The first-order valence-corrected chi connectivity index (χ1v) is 9.31. The lowest BCUT2D eigenvalue weighted by Gasteiger charge is -2.42. The number of rotatable bonds is 4. The number of carbonyl (C=O) groups is 1. The molecule has 1 saturated carbocycles. The summed E-state index contributed by atoms with van der Waals surface area (Å²) in [5.74, 6) is 0.788. The van der Waals surface area contributed by atoms with E-state index in [4.69, 9.17) is 25.8 Å². The van der Waals surface area contributed by atoms with Crippen molar-refractivity contribution in [2.75, 3.05) is 34.4 Å². The van der Waals surface area contributed by atoms with Gasteiger partial charge in [0.25, 0.3) is 5.91 Å². The summed E-state index contributed by atoms with van der Waals surface area (Å²) in [5, 5.41) is 10.7. The molecule has 1 aromatic rings. The molecule has 1 N–H and O–H groups in total. The molecule has 3 rings (SSSR count). The summed E-state index contributed by atoms with van der Waals surface area (Å²) in [4.78, 5) is 15.1. The van der Waals surface area contributed by atoms with Crippen LogP contribution in [0.15, 0.2) is 6.07 Å². The molecule has 7 heteroatoms. The van der Waals surface area contributed by atoms with E-state index in [1.165, 1.54) is 21.3 Å². The Balaban J connectivity index is 1.96. The average molecular weight is 384 g/mol. The van der Waals surface area contributed by atoms with Gasteiger partial charge in [-0.05, 0) is 31.7 Å². The molecule has 0 bridgehead atoms. The Bertz CT molecular complexity index is 695. The van der Waals surface area contributed by atoms with Gasteiger partial charge >= 0.3 is 0 Å². The maximum atomic E-state index is 13.3. The number of methoxy groups -OCH3 is 3. The minimum Gasteiger partial charge on any atom is -0.492 e. The number of ether oxygens (including phenoxy) is 3. The van der Waals surface area contributed by atoms with Crippen molar-refractivity contribution in [2.45, 2.75) is 38.2 Å². The third kappa shape index (κ3) is 3.09. The van der Waals surface area contributed by atoms with Crippen molar-refractivity contribution in [3.8, 4) is 17.2 Å². The largest absolute Gasteiger partial charge is 0.492 e. The van der Waals surface area contributed by atoms with Crippen LogP contribution in [0.5, 0.6) is 17.2 Å². The van der Waals surface area contributed by atoms with Crippen molar-refractivity contribution in [1.29, 1.82) is 0 Å². The predicted octanol–water partition coefficient (Wildman–Crippen LogP) is 3.13. The summed E-state index contributed by atoms with van der Waals surface area (Å²) in [6, 6.07) is 1.57. The van der Waals surface area contributed by atoms with Crippen molar-refractivity contribution >= 4 is 17.5 Å². The first-order valence-electron chi connectivity index (χ1n) is 8.93. The fourth-order valence-electron chi connectivity index (χ4n) is 4.43. The van der Waals surface area contributed by atoms with Crippen LogP contribution in [-0.4, -0.2) is 56.4 Å². The molecule has 0 radical (unpaired) electrons. The lowest BCUT2D eigenvalue weighted by Crippen LogP contribution is -2.49. The Kier molecular flexibility index (Phi) is 5.53. The number of hydrogen-bond donors (Lipinski definition) is 1. The maximum absolute atomic E-state index is 13.3. The summed E-state index contributed by atoms with van der Waals surface area (Å²) in [5.41, 5.74) is 0.168. The van der Waals surface area contributed by atoms with Crippen LogP contribution in [0.4, 0.5) is 0 Å². The van der Waals surface area contributed by atoms with E-state index in [9.17, 15) is 9.90 Å². The summed E-state index contributed by atoms with van der Waals surface area (Å²) in [7, 11) is 4.46. The van der Waals surface area contributed by atoms with Crippen LogP contribution in [0.2, 0.25) is 5.02 Å². The van der Waals surface area contributed by atoms with Crippen LogP contribution in [-0.2, 0) is 0 Å². The Morgan fingerprint density at radius 2 is 1.81 bits per heavy atom. The highest BCUT2D eigenvalue weighted by Crippen LogP contribution is 2.47. The zero-order valence-corrected chi connectivity index (χ0v) is 16.3. The molecule has 1 heterocycles. The third-order valence-corrected chi connectivity index (χ3v) is 6.02. The van der Waals surface area contributed by atoms with Gasteiger partial charge in [-0.1, -0.05) is 18.0 Å². The van der Waals surface area contributed by atoms with Gasteiger partial charge in [-0.25, -0.2) is 0 Å². The van der Waals surface area contributed by atoms with Gasteiger partial charge in [0.15, 0.2) is 11.5 Å². The quantitative estimate of drug-likeness (QED) is 0.865. The summed E-state index contributed by atoms with van der Waals surface area (Å²) >= 11 is 6.30. The standard InChI is InChI=1S/C19H26ClNO5/c1-24-15-12(10-13(20)16(25-2)17(15)26-3)18(23)21-9-5-8-19(11-21)7-4-6-14(19)22/h10,14,22H,4-9,11H2,1-3H3/t14-,19-/m1/s1. The number of nitrogens with zero attached hydrogens (tertiary/aromatic N) is 1. The van der Waals surface area contributed by atoms with Crippen molar-refractivity contribution < 1.29 is 24.1 Å². The van der Waals surface area contributed by atoms with Crippen LogP contribution in [0, 0.1) is 5.41 Å². The molecule has 1 aromatic carbocycles. The first-order chi connectivity index (χ1) is 12.5. The summed E-state index contributed by atoms with van der Waals surface area (Å²) in [6.07, 6.45) is 4.28. The molecule has 1 aliphatic heterocycles. The number of benzene rings is 1. The van der Waals surface area contributed by atoms with E-state index in [1.807, 2.05) is 0 Å². The monoisotopic (exact) mass is 383 g/mol. The second-order valence-corrected chi connectivity index (χ2v) is 7.51. The topological polar surface area (TPSA) is 68.2 Å². The zero-order valence-electron chi connectivity index (χ0n) is 15.5. The summed E-state index contributed by atoms with van der Waals surface area (Å²) in [6.45, 7) is 1.21. The highest BCUT2D eigenvalue weighted by Gasteiger charge is 2.46. The number of halogens is 1. The van der Waals surface area contributed by atoms with E-state index >= 15 is 0 Å². The van der Waals surface area contributed by atoms with Gasteiger partial charge in [0, 0.05) is 18.5 Å². The molecule has 144 valence electrons. The second-order valence-electron chi connectivity index (χ2n) is 7.11. The molecule has 26 heavy (non-hydrogen) atoms. The average Bonchev–Trinajstić information content (AvgIpc) is 2.99. The van der Waals surface area contributed by atoms with Crippen LogP contribution >= 0.6 is 11.6 Å². The first kappa shape index (κ1) is 19.1. The normalized spacial score (nSPS) is 25.4. The Labute approximate surface area is 159 Å². The number of aliphatic hydroxyl groups is 1. The predicted molar refractivity (Wildman–Crippen MR) is 98.5 cm³/mol. The van der Waals surface area contributed by atoms with E-state index in [0.29, 0.717) is 40.9 Å². The molecule has 1 amide bonds. The van der Waals surface area contributed by atoms with Gasteiger partial charge in [0.2, 0.25) is 5.75 Å².